The minimum atomic E-state index is -0.519. The van der Waals surface area contributed by atoms with Crippen LogP contribution in [0.4, 0.5) is 11.8 Å². The van der Waals surface area contributed by atoms with Crippen molar-refractivity contribution in [3.8, 4) is 11.4 Å². The Morgan fingerprint density at radius 2 is 2.30 bits per heavy atom. The molecule has 3 aromatic rings. The first kappa shape index (κ1) is 13.4. The number of amides is 1. The summed E-state index contributed by atoms with van der Waals surface area (Å²) in [7, 11) is 1.78. The lowest BCUT2D eigenvalue weighted by molar-refractivity contribution is 0.0994. The first-order valence-corrected chi connectivity index (χ1v) is 7.12. The van der Waals surface area contributed by atoms with Crippen LogP contribution < -0.4 is 11.1 Å². The lowest BCUT2D eigenvalue weighted by Gasteiger charge is -2.17. The molecular formula is C14H14N8O. The van der Waals surface area contributed by atoms with Gasteiger partial charge < -0.3 is 11.1 Å². The maximum atomic E-state index is 11.6. The second kappa shape index (κ2) is 4.90. The topological polar surface area (TPSA) is 127 Å². The van der Waals surface area contributed by atoms with Gasteiger partial charge in [-0.1, -0.05) is 0 Å². The van der Waals surface area contributed by atoms with Gasteiger partial charge >= 0.3 is 0 Å². The van der Waals surface area contributed by atoms with Crippen LogP contribution in [0, 0.1) is 0 Å². The van der Waals surface area contributed by atoms with Crippen LogP contribution >= 0.6 is 0 Å². The molecule has 0 atom stereocenters. The zero-order valence-electron chi connectivity index (χ0n) is 12.4. The highest BCUT2D eigenvalue weighted by molar-refractivity contribution is 5.94. The third-order valence-electron chi connectivity index (χ3n) is 3.85. The quantitative estimate of drug-likeness (QED) is 0.648. The molecule has 0 radical (unpaired) electrons. The third-order valence-corrected chi connectivity index (χ3v) is 3.85. The molecule has 9 heteroatoms. The lowest BCUT2D eigenvalue weighted by Crippen LogP contribution is -2.16. The van der Waals surface area contributed by atoms with Gasteiger partial charge in [0.25, 0.3) is 5.91 Å². The number of hydrogen-bond acceptors (Lipinski definition) is 6. The normalized spacial score (nSPS) is 12.6. The van der Waals surface area contributed by atoms with Crippen molar-refractivity contribution in [2.24, 2.45) is 12.8 Å². The highest BCUT2D eigenvalue weighted by Crippen LogP contribution is 2.33. The van der Waals surface area contributed by atoms with Crippen molar-refractivity contribution in [1.82, 2.24) is 29.9 Å². The zero-order valence-corrected chi connectivity index (χ0v) is 12.4. The van der Waals surface area contributed by atoms with E-state index in [0.29, 0.717) is 23.9 Å². The summed E-state index contributed by atoms with van der Waals surface area (Å²) in [6.07, 6.45) is 4.94. The van der Waals surface area contributed by atoms with Gasteiger partial charge in [0, 0.05) is 31.1 Å². The van der Waals surface area contributed by atoms with Crippen LogP contribution in [0.2, 0.25) is 0 Å². The molecule has 0 bridgehead atoms. The Bertz CT molecular complexity index is 896. The van der Waals surface area contributed by atoms with Crippen molar-refractivity contribution >= 4 is 17.7 Å². The van der Waals surface area contributed by atoms with Gasteiger partial charge in [0.15, 0.2) is 11.5 Å². The number of nitrogens with zero attached hydrogens (tertiary/aromatic N) is 5. The van der Waals surface area contributed by atoms with E-state index in [1.54, 1.807) is 30.2 Å². The molecule has 1 aliphatic carbocycles. The molecule has 116 valence electrons. The molecule has 0 unspecified atom stereocenters. The maximum absolute atomic E-state index is 11.6. The monoisotopic (exact) mass is 310 g/mol. The molecule has 23 heavy (non-hydrogen) atoms. The van der Waals surface area contributed by atoms with Crippen LogP contribution in [0.1, 0.15) is 21.6 Å². The SMILES string of the molecule is Cn1nc(C(N)=O)c2c1-c1nc(Nc3cc[nH]n3)ncc1CC2. The van der Waals surface area contributed by atoms with Gasteiger partial charge in [0.2, 0.25) is 5.95 Å². The summed E-state index contributed by atoms with van der Waals surface area (Å²) in [4.78, 5) is 20.5. The fourth-order valence-corrected chi connectivity index (χ4v) is 2.86. The minimum Gasteiger partial charge on any atom is -0.364 e. The Hall–Kier alpha value is -3.23. The number of aromatic nitrogens is 6. The average molecular weight is 310 g/mol. The number of aryl methyl sites for hydroxylation is 2. The number of H-pyrrole nitrogens is 1. The average Bonchev–Trinajstić information content (AvgIpc) is 3.15. The van der Waals surface area contributed by atoms with Gasteiger partial charge in [-0.15, -0.1) is 0 Å². The second-order valence-electron chi connectivity index (χ2n) is 5.32. The molecule has 4 rings (SSSR count). The molecule has 0 saturated heterocycles. The number of carbonyl (C=O) groups is 1. The van der Waals surface area contributed by atoms with Crippen molar-refractivity contribution < 1.29 is 4.79 Å². The van der Waals surface area contributed by atoms with E-state index < -0.39 is 5.91 Å². The van der Waals surface area contributed by atoms with E-state index in [4.69, 9.17) is 5.73 Å². The highest BCUT2D eigenvalue weighted by atomic mass is 16.1. The molecule has 1 amide bonds. The smallest absolute Gasteiger partial charge is 0.269 e. The van der Waals surface area contributed by atoms with Gasteiger partial charge in [-0.05, 0) is 18.4 Å². The van der Waals surface area contributed by atoms with Gasteiger partial charge in [-0.2, -0.15) is 10.2 Å². The molecule has 0 fully saturated rings. The third kappa shape index (κ3) is 2.13. The standard InChI is InChI=1S/C14H14N8O/c1-22-12-8(11(21-22)13(15)23)3-2-7-6-16-14(19-10(7)12)18-9-4-5-17-20-9/h4-6H,2-3H2,1H3,(H2,15,23)(H2,16,17,18,19,20). The Kier molecular flexibility index (Phi) is 2.86. The molecule has 3 aromatic heterocycles. The molecule has 0 aromatic carbocycles. The number of hydrogen-bond donors (Lipinski definition) is 3. The van der Waals surface area contributed by atoms with Crippen LogP contribution in [0.3, 0.4) is 0 Å². The van der Waals surface area contributed by atoms with E-state index in [9.17, 15) is 4.79 Å². The van der Waals surface area contributed by atoms with Crippen molar-refractivity contribution in [3.05, 3.63) is 35.3 Å². The van der Waals surface area contributed by atoms with E-state index >= 15 is 0 Å². The van der Waals surface area contributed by atoms with Crippen molar-refractivity contribution in [3.63, 3.8) is 0 Å². The van der Waals surface area contributed by atoms with Crippen LogP contribution in [0.25, 0.3) is 11.4 Å². The van der Waals surface area contributed by atoms with Crippen molar-refractivity contribution in [2.45, 2.75) is 12.8 Å². The van der Waals surface area contributed by atoms with Gasteiger partial charge in [0.1, 0.15) is 0 Å². The summed E-state index contributed by atoms with van der Waals surface area (Å²) in [6, 6.07) is 1.78. The van der Waals surface area contributed by atoms with Gasteiger partial charge in [-0.25, -0.2) is 9.97 Å². The Balaban J connectivity index is 1.81. The Morgan fingerprint density at radius 3 is 3.04 bits per heavy atom. The summed E-state index contributed by atoms with van der Waals surface area (Å²) in [6.45, 7) is 0. The summed E-state index contributed by atoms with van der Waals surface area (Å²) >= 11 is 0. The number of primary amides is 1. The highest BCUT2D eigenvalue weighted by Gasteiger charge is 2.27. The number of nitrogens with one attached hydrogen (secondary N) is 2. The Morgan fingerprint density at radius 1 is 1.43 bits per heavy atom. The van der Waals surface area contributed by atoms with E-state index in [1.807, 2.05) is 0 Å². The molecule has 0 spiro atoms. The van der Waals surface area contributed by atoms with Crippen LogP contribution in [-0.2, 0) is 19.9 Å². The number of nitrogens with two attached hydrogens (primary N) is 1. The van der Waals surface area contributed by atoms with E-state index in [2.05, 4.69) is 30.6 Å². The minimum absolute atomic E-state index is 0.313. The van der Waals surface area contributed by atoms with Gasteiger partial charge in [0.05, 0.1) is 11.4 Å². The maximum Gasteiger partial charge on any atom is 0.269 e. The summed E-state index contributed by atoms with van der Waals surface area (Å²) < 4.78 is 1.65. The van der Waals surface area contributed by atoms with E-state index in [1.165, 1.54) is 0 Å². The number of fused-ring (bicyclic) bond motifs is 3. The summed E-state index contributed by atoms with van der Waals surface area (Å²) in [5, 5.41) is 14.0. The lowest BCUT2D eigenvalue weighted by atomic mass is 9.93. The van der Waals surface area contributed by atoms with Crippen LogP contribution in [-0.4, -0.2) is 35.9 Å². The van der Waals surface area contributed by atoms with Crippen LogP contribution in [0.15, 0.2) is 18.5 Å². The fraction of sp³-hybridized carbons (Fsp3) is 0.214. The Labute approximate surface area is 130 Å². The van der Waals surface area contributed by atoms with Gasteiger partial charge in [-0.3, -0.25) is 14.6 Å². The number of rotatable bonds is 3. The molecular weight excluding hydrogens is 296 g/mol. The molecule has 0 aliphatic heterocycles. The first-order chi connectivity index (χ1) is 11.1. The van der Waals surface area contributed by atoms with Crippen LogP contribution in [0.5, 0.6) is 0 Å². The molecule has 0 saturated carbocycles. The molecule has 3 heterocycles. The second-order valence-corrected chi connectivity index (χ2v) is 5.32. The summed E-state index contributed by atoms with van der Waals surface area (Å²) in [5.74, 6) is 0.545. The van der Waals surface area contributed by atoms with E-state index in [0.717, 1.165) is 28.9 Å². The molecule has 4 N–H and O–H groups in total. The molecule has 1 aliphatic rings. The fourth-order valence-electron chi connectivity index (χ4n) is 2.86. The first-order valence-electron chi connectivity index (χ1n) is 7.12. The molecule has 9 nitrogen and oxygen atoms in total. The predicted octanol–water partition coefficient (Wildman–Crippen LogP) is 0.541. The summed E-state index contributed by atoms with van der Waals surface area (Å²) in [5.41, 5.74) is 9.17. The number of anilines is 2. The van der Waals surface area contributed by atoms with Crippen molar-refractivity contribution in [2.75, 3.05) is 5.32 Å². The predicted molar refractivity (Wildman–Crippen MR) is 82.0 cm³/mol. The zero-order chi connectivity index (χ0) is 16.0. The number of aromatic amines is 1. The van der Waals surface area contributed by atoms with Crippen molar-refractivity contribution in [1.29, 1.82) is 0 Å². The van der Waals surface area contributed by atoms with E-state index in [-0.39, 0.29) is 0 Å². The number of carbonyl (C=O) groups excluding carboxylic acids is 1. The largest absolute Gasteiger partial charge is 0.364 e.